The molecule has 0 aliphatic rings. The summed E-state index contributed by atoms with van der Waals surface area (Å²) in [6.45, 7) is 2.39. The minimum absolute atomic E-state index is 0.0274. The zero-order valence-corrected chi connectivity index (χ0v) is 16.7. The van der Waals surface area contributed by atoms with Crippen LogP contribution in [0.3, 0.4) is 0 Å². The molecular formula is C20H26FN3O2S. The summed E-state index contributed by atoms with van der Waals surface area (Å²) in [5, 5.41) is 3.22. The van der Waals surface area contributed by atoms with Gasteiger partial charge in [-0.15, -0.1) is 0 Å². The highest BCUT2D eigenvalue weighted by molar-refractivity contribution is 7.91. The van der Waals surface area contributed by atoms with Crippen LogP contribution >= 0.6 is 0 Å². The number of hydrogen-bond acceptors (Lipinski definition) is 3. The standard InChI is InChI=1S/C20H26FN3O2S/c1-4-18(15-27(25,26)19-11-6-5-7-12-19)23-20(22-2)24(3)14-16-9-8-10-17(21)13-16/h5-13,18H,4,14-15H2,1-3H3,(H,22,23). The molecule has 0 saturated heterocycles. The van der Waals surface area contributed by atoms with E-state index in [1.807, 2.05) is 24.9 Å². The second kappa shape index (κ2) is 9.50. The zero-order chi connectivity index (χ0) is 19.9. The second-order valence-electron chi connectivity index (χ2n) is 6.38. The molecule has 0 aromatic heterocycles. The van der Waals surface area contributed by atoms with Crippen LogP contribution in [-0.4, -0.2) is 45.2 Å². The van der Waals surface area contributed by atoms with Crippen molar-refractivity contribution in [1.29, 1.82) is 0 Å². The molecule has 2 aromatic rings. The zero-order valence-electron chi connectivity index (χ0n) is 15.9. The molecule has 1 N–H and O–H groups in total. The molecule has 7 heteroatoms. The van der Waals surface area contributed by atoms with E-state index < -0.39 is 9.84 Å². The number of benzene rings is 2. The van der Waals surface area contributed by atoms with E-state index in [4.69, 9.17) is 0 Å². The Labute approximate surface area is 160 Å². The third-order valence-corrected chi connectivity index (χ3v) is 6.06. The highest BCUT2D eigenvalue weighted by Crippen LogP contribution is 2.13. The van der Waals surface area contributed by atoms with Gasteiger partial charge in [0.05, 0.1) is 10.6 Å². The molecule has 0 aliphatic carbocycles. The minimum Gasteiger partial charge on any atom is -0.352 e. The van der Waals surface area contributed by atoms with Gasteiger partial charge in [-0.25, -0.2) is 12.8 Å². The molecule has 0 spiro atoms. The van der Waals surface area contributed by atoms with E-state index in [9.17, 15) is 12.8 Å². The molecule has 2 aromatic carbocycles. The molecule has 0 saturated carbocycles. The Bertz CT molecular complexity index is 870. The van der Waals surface area contributed by atoms with E-state index >= 15 is 0 Å². The molecule has 0 bridgehead atoms. The Kier molecular flexibility index (Phi) is 7.36. The Hall–Kier alpha value is -2.41. The number of rotatable bonds is 7. The van der Waals surface area contributed by atoms with Gasteiger partial charge in [-0.1, -0.05) is 37.3 Å². The van der Waals surface area contributed by atoms with Gasteiger partial charge in [0, 0.05) is 26.7 Å². The van der Waals surface area contributed by atoms with Crippen LogP contribution in [0, 0.1) is 5.82 Å². The minimum atomic E-state index is -3.40. The summed E-state index contributed by atoms with van der Waals surface area (Å²) >= 11 is 0. The van der Waals surface area contributed by atoms with Crippen LogP contribution in [0.15, 0.2) is 64.5 Å². The lowest BCUT2D eigenvalue weighted by molar-refractivity contribution is 0.459. The molecule has 0 radical (unpaired) electrons. The molecule has 5 nitrogen and oxygen atoms in total. The summed E-state index contributed by atoms with van der Waals surface area (Å²) in [5.41, 5.74) is 0.811. The molecule has 2 rings (SSSR count). The van der Waals surface area contributed by atoms with E-state index in [2.05, 4.69) is 10.3 Å². The van der Waals surface area contributed by atoms with Crippen LogP contribution < -0.4 is 5.32 Å². The summed E-state index contributed by atoms with van der Waals surface area (Å²) in [4.78, 5) is 6.39. The van der Waals surface area contributed by atoms with E-state index in [1.54, 1.807) is 43.4 Å². The summed E-state index contributed by atoms with van der Waals surface area (Å²) in [5.74, 6) is 0.249. The largest absolute Gasteiger partial charge is 0.352 e. The molecule has 0 fully saturated rings. The van der Waals surface area contributed by atoms with Crippen LogP contribution in [0.5, 0.6) is 0 Å². The van der Waals surface area contributed by atoms with Gasteiger partial charge in [-0.05, 0) is 36.2 Å². The molecule has 1 atom stereocenters. The highest BCUT2D eigenvalue weighted by atomic mass is 32.2. The Morgan fingerprint density at radius 3 is 2.48 bits per heavy atom. The summed E-state index contributed by atoms with van der Waals surface area (Å²) in [6, 6.07) is 14.5. The average molecular weight is 392 g/mol. The topological polar surface area (TPSA) is 61.8 Å². The predicted molar refractivity (Wildman–Crippen MR) is 107 cm³/mol. The van der Waals surface area contributed by atoms with Crippen molar-refractivity contribution in [1.82, 2.24) is 10.2 Å². The molecule has 146 valence electrons. The van der Waals surface area contributed by atoms with Crippen molar-refractivity contribution in [2.45, 2.75) is 30.8 Å². The summed E-state index contributed by atoms with van der Waals surface area (Å²) < 4.78 is 38.7. The number of hydrogen-bond donors (Lipinski definition) is 1. The summed E-state index contributed by atoms with van der Waals surface area (Å²) in [7, 11) is 0.0724. The van der Waals surface area contributed by atoms with Gasteiger partial charge in [0.15, 0.2) is 15.8 Å². The number of aliphatic imine (C=N–C) groups is 1. The van der Waals surface area contributed by atoms with Gasteiger partial charge in [0.2, 0.25) is 0 Å². The molecule has 0 heterocycles. The lowest BCUT2D eigenvalue weighted by Gasteiger charge is -2.26. The highest BCUT2D eigenvalue weighted by Gasteiger charge is 2.22. The van der Waals surface area contributed by atoms with Crippen molar-refractivity contribution in [2.75, 3.05) is 19.8 Å². The second-order valence-corrected chi connectivity index (χ2v) is 8.41. The van der Waals surface area contributed by atoms with Crippen LogP contribution in [0.2, 0.25) is 0 Å². The fourth-order valence-electron chi connectivity index (χ4n) is 2.76. The van der Waals surface area contributed by atoms with E-state index in [1.165, 1.54) is 12.1 Å². The predicted octanol–water partition coefficient (Wildman–Crippen LogP) is 3.09. The van der Waals surface area contributed by atoms with E-state index in [-0.39, 0.29) is 17.6 Å². The van der Waals surface area contributed by atoms with Gasteiger partial charge in [0.1, 0.15) is 5.82 Å². The smallest absolute Gasteiger partial charge is 0.193 e. The number of nitrogens with zero attached hydrogens (tertiary/aromatic N) is 2. The number of halogens is 1. The molecular weight excluding hydrogens is 365 g/mol. The van der Waals surface area contributed by atoms with Crippen molar-refractivity contribution >= 4 is 15.8 Å². The third kappa shape index (κ3) is 6.06. The van der Waals surface area contributed by atoms with Gasteiger partial charge >= 0.3 is 0 Å². The maximum Gasteiger partial charge on any atom is 0.193 e. The maximum absolute atomic E-state index is 13.4. The van der Waals surface area contributed by atoms with Gasteiger partial charge < -0.3 is 10.2 Å². The Morgan fingerprint density at radius 1 is 1.19 bits per heavy atom. The van der Waals surface area contributed by atoms with Crippen molar-refractivity contribution < 1.29 is 12.8 Å². The Morgan fingerprint density at radius 2 is 1.89 bits per heavy atom. The van der Waals surface area contributed by atoms with Crippen molar-refractivity contribution in [3.63, 3.8) is 0 Å². The first-order chi connectivity index (χ1) is 12.9. The van der Waals surface area contributed by atoms with Gasteiger partial charge in [0.25, 0.3) is 0 Å². The molecule has 0 aliphatic heterocycles. The van der Waals surface area contributed by atoms with Gasteiger partial charge in [-0.2, -0.15) is 0 Å². The quantitative estimate of drug-likeness (QED) is 0.582. The lowest BCUT2D eigenvalue weighted by atomic mass is 10.2. The first-order valence-corrected chi connectivity index (χ1v) is 10.5. The average Bonchev–Trinajstić information content (AvgIpc) is 2.65. The number of guanidine groups is 1. The maximum atomic E-state index is 13.4. The fraction of sp³-hybridized carbons (Fsp3) is 0.350. The monoisotopic (exact) mass is 391 g/mol. The number of nitrogens with one attached hydrogen (secondary N) is 1. The number of sulfone groups is 1. The molecule has 0 amide bonds. The first kappa shape index (κ1) is 20.9. The van der Waals surface area contributed by atoms with E-state index in [0.717, 1.165) is 5.56 Å². The van der Waals surface area contributed by atoms with Crippen LogP contribution in [0.25, 0.3) is 0 Å². The fourth-order valence-corrected chi connectivity index (χ4v) is 4.38. The third-order valence-electron chi connectivity index (χ3n) is 4.23. The SMILES string of the molecule is CCC(CS(=O)(=O)c1ccccc1)NC(=NC)N(C)Cc1cccc(F)c1. The van der Waals surface area contributed by atoms with Gasteiger partial charge in [-0.3, -0.25) is 4.99 Å². The van der Waals surface area contributed by atoms with Crippen molar-refractivity contribution in [3.05, 3.63) is 66.0 Å². The molecule has 1 unspecified atom stereocenters. The van der Waals surface area contributed by atoms with Crippen molar-refractivity contribution in [3.8, 4) is 0 Å². The van der Waals surface area contributed by atoms with Crippen LogP contribution in [-0.2, 0) is 16.4 Å². The normalized spacial score (nSPS) is 13.3. The summed E-state index contributed by atoms with van der Waals surface area (Å²) in [6.07, 6.45) is 0.624. The molecule has 27 heavy (non-hydrogen) atoms. The van der Waals surface area contributed by atoms with Crippen LogP contribution in [0.1, 0.15) is 18.9 Å². The first-order valence-electron chi connectivity index (χ1n) is 8.82. The van der Waals surface area contributed by atoms with Crippen molar-refractivity contribution in [2.24, 2.45) is 4.99 Å². The lowest BCUT2D eigenvalue weighted by Crippen LogP contribution is -2.46. The Balaban J connectivity index is 2.06. The van der Waals surface area contributed by atoms with E-state index in [0.29, 0.717) is 23.8 Å². The van der Waals surface area contributed by atoms with Crippen LogP contribution in [0.4, 0.5) is 4.39 Å².